The molecule has 0 unspecified atom stereocenters. The van der Waals surface area contributed by atoms with Crippen molar-refractivity contribution in [3.63, 3.8) is 0 Å². The van der Waals surface area contributed by atoms with Crippen LogP contribution in [-0.2, 0) is 15.7 Å². The lowest BCUT2D eigenvalue weighted by Crippen LogP contribution is -2.42. The van der Waals surface area contributed by atoms with Crippen molar-refractivity contribution in [1.29, 1.82) is 0 Å². The minimum Gasteiger partial charge on any atom is -0.383 e. The minimum atomic E-state index is -4.53. The predicted molar refractivity (Wildman–Crippen MR) is 143 cm³/mol. The third kappa shape index (κ3) is 6.79. The topological polar surface area (TPSA) is 62.2 Å². The maximum atomic E-state index is 13.6. The summed E-state index contributed by atoms with van der Waals surface area (Å²) in [5.41, 5.74) is 1.22. The highest BCUT2D eigenvalue weighted by molar-refractivity contribution is 6.34. The zero-order valence-electron chi connectivity index (χ0n) is 20.8. The monoisotopic (exact) mass is 577 g/mol. The van der Waals surface area contributed by atoms with E-state index < -0.39 is 29.6 Å². The Hall–Kier alpha value is -3.40. The molecule has 0 saturated heterocycles. The van der Waals surface area contributed by atoms with E-state index in [9.17, 15) is 22.8 Å². The lowest BCUT2D eigenvalue weighted by Gasteiger charge is -2.27. The zero-order valence-corrected chi connectivity index (χ0v) is 22.3. The summed E-state index contributed by atoms with van der Waals surface area (Å²) < 4.78 is 44.0. The SMILES string of the molecule is COCCN(CC(=O)N1N=C(c2ccccc2Cl)C[C@@H]1c1ccc(Cl)cc1)C(=O)c1ccc(C(F)(F)F)cc1. The van der Waals surface area contributed by atoms with Gasteiger partial charge < -0.3 is 9.64 Å². The molecule has 0 aromatic heterocycles. The van der Waals surface area contributed by atoms with Crippen LogP contribution in [0.15, 0.2) is 77.9 Å². The number of ether oxygens (including phenoxy) is 1. The van der Waals surface area contributed by atoms with Crippen molar-refractivity contribution in [1.82, 2.24) is 9.91 Å². The van der Waals surface area contributed by atoms with E-state index in [1.807, 2.05) is 12.1 Å². The molecule has 1 aliphatic heterocycles. The molecule has 0 N–H and O–H groups in total. The van der Waals surface area contributed by atoms with Crippen LogP contribution in [0.4, 0.5) is 13.2 Å². The smallest absolute Gasteiger partial charge is 0.383 e. The molecule has 3 aromatic rings. The number of halogens is 5. The molecule has 0 saturated carbocycles. The van der Waals surface area contributed by atoms with Gasteiger partial charge in [-0.25, -0.2) is 5.01 Å². The highest BCUT2D eigenvalue weighted by Gasteiger charge is 2.35. The molecule has 1 heterocycles. The van der Waals surface area contributed by atoms with Crippen LogP contribution < -0.4 is 0 Å². The Morgan fingerprint density at radius 2 is 1.69 bits per heavy atom. The molecule has 0 spiro atoms. The van der Waals surface area contributed by atoms with E-state index in [4.69, 9.17) is 27.9 Å². The Labute approximate surface area is 233 Å². The normalized spacial score (nSPS) is 15.3. The first-order valence-electron chi connectivity index (χ1n) is 11.9. The lowest BCUT2D eigenvalue weighted by molar-refractivity contribution is -0.137. The van der Waals surface area contributed by atoms with Crippen LogP contribution in [0, 0.1) is 0 Å². The maximum absolute atomic E-state index is 13.6. The van der Waals surface area contributed by atoms with Crippen LogP contribution in [0.1, 0.15) is 39.5 Å². The quantitative estimate of drug-likeness (QED) is 0.308. The van der Waals surface area contributed by atoms with Gasteiger partial charge in [-0.05, 0) is 48.0 Å². The van der Waals surface area contributed by atoms with E-state index in [1.165, 1.54) is 17.0 Å². The predicted octanol–water partition coefficient (Wildman–Crippen LogP) is 6.48. The van der Waals surface area contributed by atoms with Crippen LogP contribution in [0.5, 0.6) is 0 Å². The molecule has 0 bridgehead atoms. The van der Waals surface area contributed by atoms with E-state index in [0.29, 0.717) is 27.7 Å². The average molecular weight is 578 g/mol. The lowest BCUT2D eigenvalue weighted by atomic mass is 9.98. The number of hydrogen-bond acceptors (Lipinski definition) is 4. The second-order valence-corrected chi connectivity index (χ2v) is 9.67. The fourth-order valence-corrected chi connectivity index (χ4v) is 4.59. The summed E-state index contributed by atoms with van der Waals surface area (Å²) in [6.07, 6.45) is -4.15. The number of hydrazone groups is 1. The summed E-state index contributed by atoms with van der Waals surface area (Å²) in [6, 6.07) is 17.6. The summed E-state index contributed by atoms with van der Waals surface area (Å²) in [7, 11) is 1.44. The second-order valence-electron chi connectivity index (χ2n) is 8.83. The Bertz CT molecular complexity index is 1360. The van der Waals surface area contributed by atoms with Crippen LogP contribution in [0.2, 0.25) is 10.0 Å². The largest absolute Gasteiger partial charge is 0.416 e. The van der Waals surface area contributed by atoms with Crippen molar-refractivity contribution < 1.29 is 27.5 Å². The van der Waals surface area contributed by atoms with Crippen molar-refractivity contribution >= 4 is 40.7 Å². The van der Waals surface area contributed by atoms with Gasteiger partial charge >= 0.3 is 6.18 Å². The molecule has 1 atom stereocenters. The summed E-state index contributed by atoms with van der Waals surface area (Å²) in [4.78, 5) is 28.1. The highest BCUT2D eigenvalue weighted by Crippen LogP contribution is 2.35. The summed E-state index contributed by atoms with van der Waals surface area (Å²) in [6.45, 7) is -0.205. The number of nitrogens with zero attached hydrogens (tertiary/aromatic N) is 3. The van der Waals surface area contributed by atoms with Gasteiger partial charge in [0.05, 0.1) is 23.9 Å². The number of carbonyl (C=O) groups excluding carboxylic acids is 2. The molecule has 0 fully saturated rings. The van der Waals surface area contributed by atoms with Gasteiger partial charge in [0.2, 0.25) is 0 Å². The Kier molecular flexibility index (Phi) is 8.94. The molecule has 4 rings (SSSR count). The van der Waals surface area contributed by atoms with E-state index in [-0.39, 0.29) is 25.3 Å². The molecule has 39 heavy (non-hydrogen) atoms. The number of rotatable bonds is 8. The van der Waals surface area contributed by atoms with Crippen molar-refractivity contribution in [2.24, 2.45) is 5.10 Å². The first kappa shape index (κ1) is 28.6. The third-order valence-corrected chi connectivity index (χ3v) is 6.82. The number of hydrogen-bond donors (Lipinski definition) is 0. The van der Waals surface area contributed by atoms with Gasteiger partial charge in [0.15, 0.2) is 0 Å². The molecule has 2 amide bonds. The third-order valence-electron chi connectivity index (χ3n) is 6.24. The molecule has 6 nitrogen and oxygen atoms in total. The molecule has 0 aliphatic carbocycles. The van der Waals surface area contributed by atoms with Gasteiger partial charge in [-0.2, -0.15) is 18.3 Å². The molecule has 3 aromatic carbocycles. The fraction of sp³-hybridized carbons (Fsp3) is 0.250. The van der Waals surface area contributed by atoms with Crippen molar-refractivity contribution in [2.45, 2.75) is 18.6 Å². The minimum absolute atomic E-state index is 0.0165. The van der Waals surface area contributed by atoms with Crippen LogP contribution in [0.25, 0.3) is 0 Å². The first-order chi connectivity index (χ1) is 18.6. The molecule has 204 valence electrons. The highest BCUT2D eigenvalue weighted by atomic mass is 35.5. The number of carbonyl (C=O) groups is 2. The fourth-order valence-electron chi connectivity index (χ4n) is 4.22. The number of benzene rings is 3. The Morgan fingerprint density at radius 1 is 1.03 bits per heavy atom. The molecule has 11 heteroatoms. The molecule has 0 radical (unpaired) electrons. The second kappa shape index (κ2) is 12.2. The van der Waals surface area contributed by atoms with Gasteiger partial charge in [0.25, 0.3) is 11.8 Å². The van der Waals surface area contributed by atoms with Crippen molar-refractivity contribution in [3.05, 3.63) is 105 Å². The zero-order chi connectivity index (χ0) is 28.2. The van der Waals surface area contributed by atoms with Gasteiger partial charge in [0, 0.05) is 41.2 Å². The number of amides is 2. The Balaban J connectivity index is 1.62. The number of alkyl halides is 3. The van der Waals surface area contributed by atoms with Crippen LogP contribution >= 0.6 is 23.2 Å². The molecular weight excluding hydrogens is 554 g/mol. The molecular formula is C28H24Cl2F3N3O3. The van der Waals surface area contributed by atoms with Gasteiger partial charge in [0.1, 0.15) is 6.54 Å². The number of methoxy groups -OCH3 is 1. The maximum Gasteiger partial charge on any atom is 0.416 e. The Morgan fingerprint density at radius 3 is 2.31 bits per heavy atom. The average Bonchev–Trinajstić information content (AvgIpc) is 3.36. The molecule has 1 aliphatic rings. The van der Waals surface area contributed by atoms with Gasteiger partial charge in [-0.3, -0.25) is 9.59 Å². The van der Waals surface area contributed by atoms with Crippen molar-refractivity contribution in [3.8, 4) is 0 Å². The summed E-state index contributed by atoms with van der Waals surface area (Å²) >= 11 is 12.5. The van der Waals surface area contributed by atoms with Crippen LogP contribution in [-0.4, -0.2) is 54.2 Å². The van der Waals surface area contributed by atoms with Gasteiger partial charge in [-0.15, -0.1) is 0 Å². The summed E-state index contributed by atoms with van der Waals surface area (Å²) in [5, 5.41) is 6.94. The van der Waals surface area contributed by atoms with E-state index in [0.717, 1.165) is 29.8 Å². The van der Waals surface area contributed by atoms with E-state index in [2.05, 4.69) is 5.10 Å². The van der Waals surface area contributed by atoms with Crippen LogP contribution in [0.3, 0.4) is 0 Å². The van der Waals surface area contributed by atoms with Crippen molar-refractivity contribution in [2.75, 3.05) is 26.8 Å². The van der Waals surface area contributed by atoms with E-state index >= 15 is 0 Å². The van der Waals surface area contributed by atoms with Gasteiger partial charge in [-0.1, -0.05) is 53.5 Å². The van der Waals surface area contributed by atoms with E-state index in [1.54, 1.807) is 36.4 Å². The first-order valence-corrected chi connectivity index (χ1v) is 12.7. The summed E-state index contributed by atoms with van der Waals surface area (Å²) in [5.74, 6) is -1.08. The standard InChI is InChI=1S/C28H24Cl2F3N3O3/c1-39-15-14-35(27(38)19-6-10-20(11-7-19)28(31,32)33)17-26(37)36-25(18-8-12-21(29)13-9-18)16-24(34-36)22-4-2-3-5-23(22)30/h2-13,25H,14-17H2,1H3/t25-/m1/s1.